The number of fused-ring (bicyclic) bond motifs is 1. The topological polar surface area (TPSA) is 44.1 Å². The summed E-state index contributed by atoms with van der Waals surface area (Å²) in [5, 5.41) is 0.650. The standard InChI is InChI=1S/C18H17BrN2O2/c1-13-7-8-17(15(19)11-13)23-10-4-9-21-12-20-16-6-3-2-5-14(16)18(21)22/h2-3,5-8,11-12H,4,9-10H2,1H3. The highest BCUT2D eigenvalue weighted by atomic mass is 79.9. The predicted octanol–water partition coefficient (Wildman–Crippen LogP) is 3.94. The number of hydrogen-bond donors (Lipinski definition) is 0. The van der Waals surface area contributed by atoms with Crippen molar-refractivity contribution in [2.24, 2.45) is 0 Å². The molecule has 0 spiro atoms. The van der Waals surface area contributed by atoms with Crippen LogP contribution in [0.4, 0.5) is 0 Å². The van der Waals surface area contributed by atoms with Gasteiger partial charge in [-0.25, -0.2) is 4.98 Å². The lowest BCUT2D eigenvalue weighted by atomic mass is 10.2. The molecule has 3 rings (SSSR count). The second-order valence-corrected chi connectivity index (χ2v) is 6.25. The Labute approximate surface area is 142 Å². The van der Waals surface area contributed by atoms with E-state index in [0.717, 1.165) is 22.2 Å². The minimum absolute atomic E-state index is 0.00730. The molecular weight excluding hydrogens is 356 g/mol. The first-order valence-electron chi connectivity index (χ1n) is 7.48. The second kappa shape index (κ2) is 6.96. The number of ether oxygens (including phenoxy) is 1. The SMILES string of the molecule is Cc1ccc(OCCCn2cnc3ccccc3c2=O)c(Br)c1. The lowest BCUT2D eigenvalue weighted by Gasteiger charge is -2.10. The van der Waals surface area contributed by atoms with E-state index in [0.29, 0.717) is 18.5 Å². The number of para-hydroxylation sites is 1. The third-order valence-corrected chi connectivity index (χ3v) is 4.24. The quantitative estimate of drug-likeness (QED) is 0.637. The molecule has 0 bridgehead atoms. The van der Waals surface area contributed by atoms with Crippen molar-refractivity contribution in [1.29, 1.82) is 0 Å². The van der Waals surface area contributed by atoms with Gasteiger partial charge in [-0.3, -0.25) is 9.36 Å². The molecular formula is C18H17BrN2O2. The monoisotopic (exact) mass is 372 g/mol. The van der Waals surface area contributed by atoms with E-state index in [4.69, 9.17) is 4.74 Å². The van der Waals surface area contributed by atoms with E-state index in [9.17, 15) is 4.79 Å². The van der Waals surface area contributed by atoms with Crippen molar-refractivity contribution in [1.82, 2.24) is 9.55 Å². The van der Waals surface area contributed by atoms with Crippen LogP contribution in [0, 0.1) is 6.92 Å². The summed E-state index contributed by atoms with van der Waals surface area (Å²) >= 11 is 3.49. The van der Waals surface area contributed by atoms with Gasteiger partial charge in [0.25, 0.3) is 5.56 Å². The summed E-state index contributed by atoms with van der Waals surface area (Å²) in [7, 11) is 0. The van der Waals surface area contributed by atoms with Crippen molar-refractivity contribution in [3.63, 3.8) is 0 Å². The van der Waals surface area contributed by atoms with Gasteiger partial charge >= 0.3 is 0 Å². The normalized spacial score (nSPS) is 10.9. The predicted molar refractivity (Wildman–Crippen MR) is 95.0 cm³/mol. The lowest BCUT2D eigenvalue weighted by molar-refractivity contribution is 0.299. The van der Waals surface area contributed by atoms with E-state index < -0.39 is 0 Å². The van der Waals surface area contributed by atoms with Crippen molar-refractivity contribution < 1.29 is 4.74 Å². The molecule has 0 saturated carbocycles. The van der Waals surface area contributed by atoms with Crippen LogP contribution in [0.15, 0.2) is 58.1 Å². The Morgan fingerprint density at radius 1 is 1.22 bits per heavy atom. The fourth-order valence-electron chi connectivity index (χ4n) is 2.41. The molecule has 3 aromatic rings. The third kappa shape index (κ3) is 3.62. The molecule has 0 saturated heterocycles. The van der Waals surface area contributed by atoms with Crippen molar-refractivity contribution >= 4 is 26.8 Å². The summed E-state index contributed by atoms with van der Waals surface area (Å²) in [6, 6.07) is 13.4. The zero-order chi connectivity index (χ0) is 16.2. The number of hydrogen-bond acceptors (Lipinski definition) is 3. The molecule has 5 heteroatoms. The maximum absolute atomic E-state index is 12.4. The van der Waals surface area contributed by atoms with Gasteiger partial charge in [0.1, 0.15) is 5.75 Å². The first kappa shape index (κ1) is 15.7. The van der Waals surface area contributed by atoms with Gasteiger partial charge < -0.3 is 4.74 Å². The smallest absolute Gasteiger partial charge is 0.261 e. The molecule has 0 atom stereocenters. The van der Waals surface area contributed by atoms with Gasteiger partial charge in [0.2, 0.25) is 0 Å². The summed E-state index contributed by atoms with van der Waals surface area (Å²) in [4.78, 5) is 16.7. The molecule has 118 valence electrons. The van der Waals surface area contributed by atoms with E-state index in [-0.39, 0.29) is 5.56 Å². The van der Waals surface area contributed by atoms with Crippen LogP contribution in [0.5, 0.6) is 5.75 Å². The summed E-state index contributed by atoms with van der Waals surface area (Å²) in [5.41, 5.74) is 1.90. The lowest BCUT2D eigenvalue weighted by Crippen LogP contribution is -2.21. The summed E-state index contributed by atoms with van der Waals surface area (Å²) in [6.45, 7) is 3.16. The minimum atomic E-state index is -0.00730. The van der Waals surface area contributed by atoms with Crippen molar-refractivity contribution in [2.45, 2.75) is 19.9 Å². The number of aromatic nitrogens is 2. The Hall–Kier alpha value is -2.14. The molecule has 0 aliphatic rings. The number of rotatable bonds is 5. The Bertz CT molecular complexity index is 890. The molecule has 0 fully saturated rings. The molecule has 2 aromatic carbocycles. The van der Waals surface area contributed by atoms with E-state index in [1.165, 1.54) is 5.56 Å². The third-order valence-electron chi connectivity index (χ3n) is 3.62. The summed E-state index contributed by atoms with van der Waals surface area (Å²) < 4.78 is 8.34. The maximum Gasteiger partial charge on any atom is 0.261 e. The second-order valence-electron chi connectivity index (χ2n) is 5.40. The summed E-state index contributed by atoms with van der Waals surface area (Å²) in [5.74, 6) is 0.819. The fourth-order valence-corrected chi connectivity index (χ4v) is 3.01. The Kier molecular flexibility index (Phi) is 4.76. The molecule has 0 aliphatic carbocycles. The van der Waals surface area contributed by atoms with Crippen molar-refractivity contribution in [2.75, 3.05) is 6.61 Å². The Morgan fingerprint density at radius 2 is 2.04 bits per heavy atom. The van der Waals surface area contributed by atoms with E-state index in [1.807, 2.05) is 43.3 Å². The highest BCUT2D eigenvalue weighted by molar-refractivity contribution is 9.10. The molecule has 23 heavy (non-hydrogen) atoms. The average Bonchev–Trinajstić information content (AvgIpc) is 2.55. The van der Waals surface area contributed by atoms with Crippen LogP contribution < -0.4 is 10.3 Å². The van der Waals surface area contributed by atoms with Gasteiger partial charge in [0.15, 0.2) is 0 Å². The van der Waals surface area contributed by atoms with Gasteiger partial charge in [-0.15, -0.1) is 0 Å². The van der Waals surface area contributed by atoms with Gasteiger partial charge in [0.05, 0.1) is 28.3 Å². The Balaban J connectivity index is 1.63. The highest BCUT2D eigenvalue weighted by Gasteiger charge is 2.04. The van der Waals surface area contributed by atoms with Crippen LogP contribution in [-0.2, 0) is 6.54 Å². The number of benzene rings is 2. The van der Waals surface area contributed by atoms with Gasteiger partial charge in [-0.2, -0.15) is 0 Å². The van der Waals surface area contributed by atoms with Gasteiger partial charge in [-0.05, 0) is 59.1 Å². The fraction of sp³-hybridized carbons (Fsp3) is 0.222. The zero-order valence-corrected chi connectivity index (χ0v) is 14.4. The number of halogens is 1. The van der Waals surface area contributed by atoms with Crippen LogP contribution in [0.1, 0.15) is 12.0 Å². The largest absolute Gasteiger partial charge is 0.492 e. The van der Waals surface area contributed by atoms with Crippen molar-refractivity contribution in [3.8, 4) is 5.75 Å². The van der Waals surface area contributed by atoms with Crippen LogP contribution in [0.2, 0.25) is 0 Å². The van der Waals surface area contributed by atoms with Crippen LogP contribution >= 0.6 is 15.9 Å². The zero-order valence-electron chi connectivity index (χ0n) is 12.8. The van der Waals surface area contributed by atoms with Crippen LogP contribution in [0.25, 0.3) is 10.9 Å². The van der Waals surface area contributed by atoms with Crippen LogP contribution in [0.3, 0.4) is 0 Å². The van der Waals surface area contributed by atoms with E-state index in [1.54, 1.807) is 17.0 Å². The van der Waals surface area contributed by atoms with Crippen LogP contribution in [-0.4, -0.2) is 16.2 Å². The molecule has 0 N–H and O–H groups in total. The Morgan fingerprint density at radius 3 is 2.87 bits per heavy atom. The highest BCUT2D eigenvalue weighted by Crippen LogP contribution is 2.25. The van der Waals surface area contributed by atoms with Gasteiger partial charge in [0, 0.05) is 6.54 Å². The number of aryl methyl sites for hydroxylation is 2. The summed E-state index contributed by atoms with van der Waals surface area (Å²) in [6.07, 6.45) is 2.34. The molecule has 1 heterocycles. The van der Waals surface area contributed by atoms with E-state index >= 15 is 0 Å². The first-order valence-corrected chi connectivity index (χ1v) is 8.27. The van der Waals surface area contributed by atoms with E-state index in [2.05, 4.69) is 20.9 Å². The van der Waals surface area contributed by atoms with Gasteiger partial charge in [-0.1, -0.05) is 18.2 Å². The average molecular weight is 373 g/mol. The minimum Gasteiger partial charge on any atom is -0.492 e. The molecule has 0 unspecified atom stereocenters. The molecule has 0 radical (unpaired) electrons. The maximum atomic E-state index is 12.4. The van der Waals surface area contributed by atoms with Crippen molar-refractivity contribution in [3.05, 3.63) is 69.2 Å². The molecule has 0 amide bonds. The molecule has 1 aromatic heterocycles. The first-order chi connectivity index (χ1) is 11.1. The molecule has 4 nitrogen and oxygen atoms in total. The molecule has 0 aliphatic heterocycles. The number of nitrogens with zero attached hydrogens (tertiary/aromatic N) is 2.